The van der Waals surface area contributed by atoms with Crippen molar-refractivity contribution in [3.05, 3.63) is 35.9 Å². The second-order valence-corrected chi connectivity index (χ2v) is 4.49. The molecule has 0 spiro atoms. The van der Waals surface area contributed by atoms with Gasteiger partial charge in [-0.1, -0.05) is 30.3 Å². The maximum Gasteiger partial charge on any atom is 0.324 e. The predicted molar refractivity (Wildman–Crippen MR) is 65.9 cm³/mol. The van der Waals surface area contributed by atoms with E-state index in [1.54, 1.807) is 6.92 Å². The van der Waals surface area contributed by atoms with Crippen molar-refractivity contribution >= 4 is 11.9 Å². The summed E-state index contributed by atoms with van der Waals surface area (Å²) in [6, 6.07) is 8.56. The molecule has 3 amide bonds. The molecule has 96 valence electrons. The van der Waals surface area contributed by atoms with Crippen LogP contribution in [0.15, 0.2) is 30.3 Å². The molecule has 0 aliphatic carbocycles. The van der Waals surface area contributed by atoms with Gasteiger partial charge in [0.1, 0.15) is 6.04 Å². The van der Waals surface area contributed by atoms with Crippen LogP contribution in [-0.2, 0) is 11.2 Å². The summed E-state index contributed by atoms with van der Waals surface area (Å²) in [6.07, 6.45) is -0.239. The van der Waals surface area contributed by atoms with Crippen LogP contribution in [0.3, 0.4) is 0 Å². The second-order valence-electron chi connectivity index (χ2n) is 4.49. The van der Waals surface area contributed by atoms with Gasteiger partial charge < -0.3 is 10.4 Å². The average molecular weight is 248 g/mol. The number of carbonyl (C=O) groups excluding carboxylic acids is 2. The van der Waals surface area contributed by atoms with Gasteiger partial charge in [0.05, 0.1) is 12.6 Å². The number of rotatable bonds is 4. The van der Waals surface area contributed by atoms with Gasteiger partial charge in [-0.05, 0) is 12.5 Å². The maximum atomic E-state index is 12.0. The van der Waals surface area contributed by atoms with Crippen molar-refractivity contribution in [2.24, 2.45) is 0 Å². The highest BCUT2D eigenvalue weighted by Crippen LogP contribution is 2.12. The smallest absolute Gasteiger partial charge is 0.324 e. The zero-order valence-corrected chi connectivity index (χ0v) is 10.2. The van der Waals surface area contributed by atoms with Crippen molar-refractivity contribution in [2.45, 2.75) is 25.5 Å². The Labute approximate surface area is 105 Å². The van der Waals surface area contributed by atoms with Crippen LogP contribution in [-0.4, -0.2) is 40.6 Å². The van der Waals surface area contributed by atoms with E-state index >= 15 is 0 Å². The third-order valence-corrected chi connectivity index (χ3v) is 2.84. The van der Waals surface area contributed by atoms with E-state index in [0.29, 0.717) is 6.42 Å². The first-order valence-electron chi connectivity index (χ1n) is 5.92. The molecule has 0 saturated carbocycles. The molecule has 2 atom stereocenters. The molecule has 0 unspecified atom stereocenters. The predicted octanol–water partition coefficient (Wildman–Crippen LogP) is 0.530. The minimum Gasteiger partial charge on any atom is -0.392 e. The third kappa shape index (κ3) is 2.68. The number of nitrogens with zero attached hydrogens (tertiary/aromatic N) is 1. The van der Waals surface area contributed by atoms with Gasteiger partial charge in [-0.25, -0.2) is 4.79 Å². The molecule has 18 heavy (non-hydrogen) atoms. The lowest BCUT2D eigenvalue weighted by Crippen LogP contribution is -2.37. The summed E-state index contributed by atoms with van der Waals surface area (Å²) >= 11 is 0. The van der Waals surface area contributed by atoms with Crippen molar-refractivity contribution in [1.29, 1.82) is 0 Å². The van der Waals surface area contributed by atoms with E-state index in [9.17, 15) is 14.7 Å². The van der Waals surface area contributed by atoms with Crippen LogP contribution in [0, 0.1) is 0 Å². The number of urea groups is 1. The van der Waals surface area contributed by atoms with Crippen LogP contribution in [0.5, 0.6) is 0 Å². The fraction of sp³-hybridized carbons (Fsp3) is 0.385. The molecule has 5 nitrogen and oxygen atoms in total. The van der Waals surface area contributed by atoms with Crippen molar-refractivity contribution in [3.63, 3.8) is 0 Å². The van der Waals surface area contributed by atoms with Crippen molar-refractivity contribution in [3.8, 4) is 0 Å². The molecule has 1 fully saturated rings. The Kier molecular flexibility index (Phi) is 3.62. The molecular weight excluding hydrogens is 232 g/mol. The van der Waals surface area contributed by atoms with E-state index in [4.69, 9.17) is 0 Å². The van der Waals surface area contributed by atoms with Crippen LogP contribution in [0.1, 0.15) is 12.5 Å². The first kappa shape index (κ1) is 12.6. The van der Waals surface area contributed by atoms with E-state index in [2.05, 4.69) is 5.32 Å². The van der Waals surface area contributed by atoms with Crippen LogP contribution >= 0.6 is 0 Å². The van der Waals surface area contributed by atoms with Crippen LogP contribution in [0.4, 0.5) is 4.79 Å². The summed E-state index contributed by atoms with van der Waals surface area (Å²) in [7, 11) is 0. The van der Waals surface area contributed by atoms with E-state index < -0.39 is 18.2 Å². The minimum atomic E-state index is -0.713. The molecular formula is C13H16N2O3. The number of carbonyl (C=O) groups is 2. The average Bonchev–Trinajstić information content (AvgIpc) is 2.58. The monoisotopic (exact) mass is 248 g/mol. The lowest BCUT2D eigenvalue weighted by atomic mass is 10.1. The minimum absolute atomic E-state index is 0.0377. The van der Waals surface area contributed by atoms with Gasteiger partial charge in [0.15, 0.2) is 0 Å². The first-order chi connectivity index (χ1) is 8.58. The van der Waals surface area contributed by atoms with Gasteiger partial charge in [0.2, 0.25) is 0 Å². The summed E-state index contributed by atoms with van der Waals surface area (Å²) in [5, 5.41) is 11.9. The standard InChI is InChI=1S/C13H16N2O3/c1-9(16)8-15-12(17)11(14-13(15)18)7-10-5-3-2-4-6-10/h2-6,9,11,16H,7-8H2,1H3,(H,14,18)/t9-,11-/m1/s1. The Bertz CT molecular complexity index is 445. The number of β-amino-alcohol motifs (C(OH)–C–C–N with tert-alkyl or cyclic N) is 1. The highest BCUT2D eigenvalue weighted by atomic mass is 16.3. The number of hydrogen-bond donors (Lipinski definition) is 2. The summed E-state index contributed by atoms with van der Waals surface area (Å²) in [4.78, 5) is 24.7. The summed E-state index contributed by atoms with van der Waals surface area (Å²) in [5.74, 6) is -0.273. The Balaban J connectivity index is 2.04. The van der Waals surface area contributed by atoms with Crippen molar-refractivity contribution < 1.29 is 14.7 Å². The quantitative estimate of drug-likeness (QED) is 0.764. The van der Waals surface area contributed by atoms with Gasteiger partial charge in [-0.3, -0.25) is 9.69 Å². The Morgan fingerprint density at radius 2 is 2.00 bits per heavy atom. The molecule has 1 saturated heterocycles. The molecule has 2 N–H and O–H groups in total. The normalized spacial score (nSPS) is 21.0. The molecule has 1 aliphatic rings. The molecule has 1 aromatic carbocycles. The maximum absolute atomic E-state index is 12.0. The van der Waals surface area contributed by atoms with Crippen molar-refractivity contribution in [1.82, 2.24) is 10.2 Å². The highest BCUT2D eigenvalue weighted by molar-refractivity contribution is 6.04. The van der Waals surface area contributed by atoms with Crippen LogP contribution in [0.2, 0.25) is 0 Å². The molecule has 0 aromatic heterocycles. The van der Waals surface area contributed by atoms with E-state index in [1.807, 2.05) is 30.3 Å². The number of aliphatic hydroxyl groups is 1. The van der Waals surface area contributed by atoms with E-state index in [-0.39, 0.29) is 12.5 Å². The summed E-state index contributed by atoms with van der Waals surface area (Å²) in [6.45, 7) is 1.58. The van der Waals surface area contributed by atoms with Gasteiger partial charge >= 0.3 is 6.03 Å². The molecule has 1 heterocycles. The number of nitrogens with one attached hydrogen (secondary N) is 1. The molecule has 1 aliphatic heterocycles. The largest absolute Gasteiger partial charge is 0.392 e. The fourth-order valence-corrected chi connectivity index (χ4v) is 2.00. The van der Waals surface area contributed by atoms with Crippen LogP contribution < -0.4 is 5.32 Å². The Morgan fingerprint density at radius 1 is 1.33 bits per heavy atom. The lowest BCUT2D eigenvalue weighted by Gasteiger charge is -2.14. The van der Waals surface area contributed by atoms with Crippen molar-refractivity contribution in [2.75, 3.05) is 6.54 Å². The van der Waals surface area contributed by atoms with Gasteiger partial charge in [-0.2, -0.15) is 0 Å². The van der Waals surface area contributed by atoms with Gasteiger partial charge in [0, 0.05) is 6.42 Å². The zero-order chi connectivity index (χ0) is 13.1. The Hall–Kier alpha value is -1.88. The Morgan fingerprint density at radius 3 is 2.61 bits per heavy atom. The fourth-order valence-electron chi connectivity index (χ4n) is 2.00. The van der Waals surface area contributed by atoms with Gasteiger partial charge in [0.25, 0.3) is 5.91 Å². The van der Waals surface area contributed by atoms with E-state index in [0.717, 1.165) is 10.5 Å². The number of hydrogen-bond acceptors (Lipinski definition) is 3. The lowest BCUT2D eigenvalue weighted by molar-refractivity contribution is -0.128. The number of imide groups is 1. The zero-order valence-electron chi connectivity index (χ0n) is 10.2. The molecule has 0 bridgehead atoms. The van der Waals surface area contributed by atoms with Crippen LogP contribution in [0.25, 0.3) is 0 Å². The second kappa shape index (κ2) is 5.18. The number of benzene rings is 1. The SMILES string of the molecule is C[C@@H](O)CN1C(=O)N[C@H](Cc2ccccc2)C1=O. The van der Waals surface area contributed by atoms with Gasteiger partial charge in [-0.15, -0.1) is 0 Å². The molecule has 2 rings (SSSR count). The molecule has 0 radical (unpaired) electrons. The summed E-state index contributed by atoms with van der Waals surface area (Å²) in [5.41, 5.74) is 0.995. The number of amides is 3. The first-order valence-corrected chi connectivity index (χ1v) is 5.92. The third-order valence-electron chi connectivity index (χ3n) is 2.84. The summed E-state index contributed by atoms with van der Waals surface area (Å²) < 4.78 is 0. The molecule has 5 heteroatoms. The highest BCUT2D eigenvalue weighted by Gasteiger charge is 2.38. The molecule has 1 aromatic rings. The number of aliphatic hydroxyl groups excluding tert-OH is 1. The van der Waals surface area contributed by atoms with E-state index in [1.165, 1.54) is 0 Å². The topological polar surface area (TPSA) is 69.6 Å².